The first kappa shape index (κ1) is 17.8. The Hall–Kier alpha value is -1.99. The third-order valence-corrected chi connectivity index (χ3v) is 5.56. The van der Waals surface area contributed by atoms with Crippen LogP contribution < -0.4 is 4.72 Å². The van der Waals surface area contributed by atoms with E-state index in [1.165, 1.54) is 0 Å². The Morgan fingerprint density at radius 3 is 2.56 bits per heavy atom. The minimum absolute atomic E-state index is 0.163. The average molecular weight is 380 g/mol. The molecule has 0 aliphatic rings. The average Bonchev–Trinajstić information content (AvgIpc) is 2.61. The fourth-order valence-corrected chi connectivity index (χ4v) is 3.88. The number of hydrogen-bond acceptors (Lipinski definition) is 3. The molecule has 2 N–H and O–H groups in total. The van der Waals surface area contributed by atoms with Crippen LogP contribution in [0.2, 0.25) is 5.02 Å². The summed E-state index contributed by atoms with van der Waals surface area (Å²) >= 11 is 5.63. The molecule has 1 atom stereocenters. The van der Waals surface area contributed by atoms with E-state index in [0.717, 1.165) is 29.0 Å². The highest BCUT2D eigenvalue weighted by Gasteiger charge is 2.19. The molecular weight excluding hydrogens is 365 g/mol. The van der Waals surface area contributed by atoms with Crippen molar-refractivity contribution in [2.75, 3.05) is 6.54 Å². The number of fused-ring (bicyclic) bond motifs is 1. The van der Waals surface area contributed by atoms with Gasteiger partial charge in [0, 0.05) is 6.54 Å². The zero-order valence-corrected chi connectivity index (χ0v) is 14.6. The fourth-order valence-electron chi connectivity index (χ4n) is 2.57. The van der Waals surface area contributed by atoms with Gasteiger partial charge in [0.05, 0.1) is 16.0 Å². The lowest BCUT2D eigenvalue weighted by Crippen LogP contribution is -2.28. The summed E-state index contributed by atoms with van der Waals surface area (Å²) in [6, 6.07) is 16.1. The highest BCUT2D eigenvalue weighted by atomic mass is 35.5. The van der Waals surface area contributed by atoms with E-state index in [4.69, 9.17) is 11.6 Å². The van der Waals surface area contributed by atoms with Crippen molar-refractivity contribution in [3.63, 3.8) is 0 Å². The van der Waals surface area contributed by atoms with Crippen LogP contribution in [0.5, 0.6) is 0 Å². The van der Waals surface area contributed by atoms with Gasteiger partial charge < -0.3 is 5.11 Å². The Morgan fingerprint density at radius 2 is 1.80 bits per heavy atom. The Morgan fingerprint density at radius 1 is 1.08 bits per heavy atom. The molecule has 0 spiro atoms. The molecule has 7 heteroatoms. The van der Waals surface area contributed by atoms with Gasteiger partial charge in [-0.25, -0.2) is 17.5 Å². The van der Waals surface area contributed by atoms with Crippen LogP contribution in [-0.2, 0) is 10.0 Å². The molecule has 3 aromatic rings. The second-order valence-corrected chi connectivity index (χ2v) is 7.69. The van der Waals surface area contributed by atoms with Crippen molar-refractivity contribution in [3.8, 4) is 0 Å². The Labute approximate surface area is 149 Å². The van der Waals surface area contributed by atoms with Crippen molar-refractivity contribution in [2.24, 2.45) is 0 Å². The summed E-state index contributed by atoms with van der Waals surface area (Å²) in [6.45, 7) is -0.217. The smallest absolute Gasteiger partial charge is 0.240 e. The topological polar surface area (TPSA) is 66.4 Å². The van der Waals surface area contributed by atoms with E-state index < -0.39 is 21.9 Å². The van der Waals surface area contributed by atoms with Crippen LogP contribution >= 0.6 is 11.6 Å². The standard InChI is InChI=1S/C18H15ClFNO3S/c19-16-10-13(8-9-17(16)20)25(23,24)21-11-18(22)15-7-3-5-12-4-1-2-6-14(12)15/h1-10,18,21-22H,11H2/t18-/m1/s1. The molecule has 0 aliphatic carbocycles. The summed E-state index contributed by atoms with van der Waals surface area (Å²) in [5.41, 5.74) is 0.623. The van der Waals surface area contributed by atoms with Crippen molar-refractivity contribution in [2.45, 2.75) is 11.0 Å². The molecule has 0 fully saturated rings. The molecular formula is C18H15ClFNO3S. The van der Waals surface area contributed by atoms with Gasteiger partial charge in [-0.15, -0.1) is 0 Å². The Balaban J connectivity index is 1.81. The zero-order valence-electron chi connectivity index (χ0n) is 13.0. The summed E-state index contributed by atoms with van der Waals surface area (Å²) in [7, 11) is -3.92. The molecule has 0 bridgehead atoms. The Kier molecular flexibility index (Phi) is 5.06. The number of nitrogens with one attached hydrogen (secondary N) is 1. The van der Waals surface area contributed by atoms with E-state index in [-0.39, 0.29) is 16.5 Å². The van der Waals surface area contributed by atoms with E-state index in [9.17, 15) is 17.9 Å². The van der Waals surface area contributed by atoms with Gasteiger partial charge in [-0.1, -0.05) is 54.1 Å². The maximum absolute atomic E-state index is 13.2. The molecule has 130 valence electrons. The lowest BCUT2D eigenvalue weighted by molar-refractivity contribution is 0.183. The molecule has 3 rings (SSSR count). The van der Waals surface area contributed by atoms with Crippen LogP contribution in [0.1, 0.15) is 11.7 Å². The third-order valence-electron chi connectivity index (χ3n) is 3.85. The van der Waals surface area contributed by atoms with Gasteiger partial charge >= 0.3 is 0 Å². The van der Waals surface area contributed by atoms with Crippen molar-refractivity contribution in [1.29, 1.82) is 0 Å². The maximum atomic E-state index is 13.2. The summed E-state index contributed by atoms with van der Waals surface area (Å²) in [5, 5.41) is 11.9. The second-order valence-electron chi connectivity index (χ2n) is 5.51. The number of aliphatic hydroxyl groups is 1. The summed E-state index contributed by atoms with van der Waals surface area (Å²) in [6.07, 6.45) is -1.03. The normalized spacial score (nSPS) is 13.1. The van der Waals surface area contributed by atoms with Gasteiger partial charge in [0.1, 0.15) is 5.82 Å². The minimum Gasteiger partial charge on any atom is -0.387 e. The first-order chi connectivity index (χ1) is 11.9. The third kappa shape index (κ3) is 3.82. The first-order valence-electron chi connectivity index (χ1n) is 7.49. The van der Waals surface area contributed by atoms with E-state index in [1.807, 2.05) is 30.3 Å². The van der Waals surface area contributed by atoms with Crippen LogP contribution in [0.3, 0.4) is 0 Å². The minimum atomic E-state index is -3.92. The van der Waals surface area contributed by atoms with Crippen LogP contribution in [0.4, 0.5) is 4.39 Å². The van der Waals surface area contributed by atoms with Gasteiger partial charge in [-0.3, -0.25) is 0 Å². The van der Waals surface area contributed by atoms with Crippen molar-refractivity contribution < 1.29 is 17.9 Å². The number of halogens is 2. The molecule has 0 aromatic heterocycles. The quantitative estimate of drug-likeness (QED) is 0.711. The fraction of sp³-hybridized carbons (Fsp3) is 0.111. The number of aliphatic hydroxyl groups excluding tert-OH is 1. The summed E-state index contributed by atoms with van der Waals surface area (Å²) < 4.78 is 40.1. The first-order valence-corrected chi connectivity index (χ1v) is 9.35. The van der Waals surface area contributed by atoms with Gasteiger partial charge in [-0.2, -0.15) is 0 Å². The lowest BCUT2D eigenvalue weighted by atomic mass is 10.0. The summed E-state index contributed by atoms with van der Waals surface area (Å²) in [5.74, 6) is -0.698. The van der Waals surface area contributed by atoms with Gasteiger partial charge in [0.15, 0.2) is 0 Å². The van der Waals surface area contributed by atoms with Crippen molar-refractivity contribution in [1.82, 2.24) is 4.72 Å². The van der Waals surface area contributed by atoms with Gasteiger partial charge in [0.25, 0.3) is 0 Å². The number of hydrogen-bond donors (Lipinski definition) is 2. The molecule has 0 unspecified atom stereocenters. The number of rotatable bonds is 5. The molecule has 0 aliphatic heterocycles. The molecule has 0 radical (unpaired) electrons. The van der Waals surface area contributed by atoms with Crippen LogP contribution in [-0.4, -0.2) is 20.1 Å². The van der Waals surface area contributed by atoms with Gasteiger partial charge in [-0.05, 0) is 34.5 Å². The summed E-state index contributed by atoms with van der Waals surface area (Å²) in [4.78, 5) is -0.163. The second kappa shape index (κ2) is 7.09. The lowest BCUT2D eigenvalue weighted by Gasteiger charge is -2.15. The predicted molar refractivity (Wildman–Crippen MR) is 95.5 cm³/mol. The van der Waals surface area contributed by atoms with E-state index in [0.29, 0.717) is 5.56 Å². The molecule has 3 aromatic carbocycles. The zero-order chi connectivity index (χ0) is 18.0. The SMILES string of the molecule is O=S(=O)(NC[C@@H](O)c1cccc2ccccc12)c1ccc(F)c(Cl)c1. The van der Waals surface area contributed by atoms with Crippen molar-refractivity contribution >= 4 is 32.4 Å². The monoisotopic (exact) mass is 379 g/mol. The molecule has 0 heterocycles. The molecule has 25 heavy (non-hydrogen) atoms. The Bertz CT molecular complexity index is 1020. The largest absolute Gasteiger partial charge is 0.387 e. The number of benzene rings is 3. The van der Waals surface area contributed by atoms with Crippen LogP contribution in [0.15, 0.2) is 65.6 Å². The molecule has 4 nitrogen and oxygen atoms in total. The molecule has 0 amide bonds. The van der Waals surface area contributed by atoms with E-state index >= 15 is 0 Å². The molecule has 0 saturated carbocycles. The highest BCUT2D eigenvalue weighted by Crippen LogP contribution is 2.24. The maximum Gasteiger partial charge on any atom is 0.240 e. The van der Waals surface area contributed by atoms with Crippen LogP contribution in [0.25, 0.3) is 10.8 Å². The highest BCUT2D eigenvalue weighted by molar-refractivity contribution is 7.89. The number of sulfonamides is 1. The van der Waals surface area contributed by atoms with E-state index in [2.05, 4.69) is 4.72 Å². The predicted octanol–water partition coefficient (Wildman–Crippen LogP) is 3.64. The van der Waals surface area contributed by atoms with Crippen molar-refractivity contribution in [3.05, 3.63) is 77.1 Å². The van der Waals surface area contributed by atoms with Crippen LogP contribution in [0, 0.1) is 5.82 Å². The van der Waals surface area contributed by atoms with E-state index in [1.54, 1.807) is 12.1 Å². The van der Waals surface area contributed by atoms with Gasteiger partial charge in [0.2, 0.25) is 10.0 Å². The molecule has 0 saturated heterocycles.